The third-order valence-electron chi connectivity index (χ3n) is 4.09. The van der Waals surface area contributed by atoms with Gasteiger partial charge in [0, 0.05) is 5.56 Å². The number of phenols is 1. The number of ketones is 1. The Hall–Kier alpha value is -2.09. The van der Waals surface area contributed by atoms with Gasteiger partial charge in [0.15, 0.2) is 5.78 Å². The summed E-state index contributed by atoms with van der Waals surface area (Å²) in [6.07, 6.45) is 4.33. The molecule has 0 bridgehead atoms. The van der Waals surface area contributed by atoms with Crippen molar-refractivity contribution in [3.05, 3.63) is 64.2 Å². The van der Waals surface area contributed by atoms with Gasteiger partial charge in [-0.25, -0.2) is 0 Å². The molecule has 2 aromatic carbocycles. The maximum Gasteiger partial charge on any atom is 0.197 e. The van der Waals surface area contributed by atoms with Crippen LogP contribution in [0.25, 0.3) is 0 Å². The highest BCUT2D eigenvalue weighted by Crippen LogP contribution is 2.30. The highest BCUT2D eigenvalue weighted by molar-refractivity contribution is 6.11. The third-order valence-corrected chi connectivity index (χ3v) is 4.09. The molecule has 0 radical (unpaired) electrons. The van der Waals surface area contributed by atoms with Crippen molar-refractivity contribution >= 4 is 5.78 Å². The lowest BCUT2D eigenvalue weighted by atomic mass is 9.88. The molecule has 0 heterocycles. The lowest BCUT2D eigenvalue weighted by Gasteiger charge is -2.17. The second-order valence-electron chi connectivity index (χ2n) is 5.49. The van der Waals surface area contributed by atoms with Crippen molar-refractivity contribution in [3.63, 3.8) is 0 Å². The molecule has 0 fully saturated rings. The summed E-state index contributed by atoms with van der Waals surface area (Å²) < 4.78 is 0. The van der Waals surface area contributed by atoms with Crippen LogP contribution in [0.2, 0.25) is 0 Å². The number of benzene rings is 2. The van der Waals surface area contributed by atoms with Gasteiger partial charge in [0.1, 0.15) is 5.75 Å². The highest BCUT2D eigenvalue weighted by atomic mass is 16.3. The summed E-state index contributed by atoms with van der Waals surface area (Å²) in [5.74, 6) is 0.0212. The van der Waals surface area contributed by atoms with Crippen LogP contribution in [0.5, 0.6) is 5.75 Å². The number of aromatic hydroxyl groups is 1. The first kappa shape index (κ1) is 12.9. The van der Waals surface area contributed by atoms with Crippen molar-refractivity contribution in [2.45, 2.75) is 32.6 Å². The minimum absolute atomic E-state index is 0.0889. The molecule has 1 aliphatic carbocycles. The quantitative estimate of drug-likeness (QED) is 0.839. The standard InChI is InChI=1S/C18H18O2/c1-12-6-2-5-9-15(12)18(20)16-10-13-7-3-4-8-14(13)11-17(16)19/h2,5-6,9-11,19H,3-4,7-8H2,1H3. The Kier molecular flexibility index (Phi) is 3.31. The van der Waals surface area contributed by atoms with Crippen LogP contribution in [0.1, 0.15) is 45.5 Å². The molecule has 1 N–H and O–H groups in total. The van der Waals surface area contributed by atoms with E-state index in [1.165, 1.54) is 11.1 Å². The van der Waals surface area contributed by atoms with E-state index in [0.29, 0.717) is 11.1 Å². The summed E-state index contributed by atoms with van der Waals surface area (Å²) in [5.41, 5.74) is 4.44. The Morgan fingerprint density at radius 3 is 2.35 bits per heavy atom. The van der Waals surface area contributed by atoms with E-state index in [4.69, 9.17) is 0 Å². The zero-order chi connectivity index (χ0) is 14.1. The topological polar surface area (TPSA) is 37.3 Å². The van der Waals surface area contributed by atoms with Crippen molar-refractivity contribution < 1.29 is 9.90 Å². The Morgan fingerprint density at radius 1 is 1.00 bits per heavy atom. The monoisotopic (exact) mass is 266 g/mol. The molecule has 0 amide bonds. The predicted molar refractivity (Wildman–Crippen MR) is 79.4 cm³/mol. The first-order valence-electron chi connectivity index (χ1n) is 7.12. The number of carbonyl (C=O) groups excluding carboxylic acids is 1. The molecule has 0 atom stereocenters. The molecule has 0 spiro atoms. The zero-order valence-corrected chi connectivity index (χ0v) is 11.6. The van der Waals surface area contributed by atoms with Crippen LogP contribution in [0.3, 0.4) is 0 Å². The van der Waals surface area contributed by atoms with E-state index >= 15 is 0 Å². The molecule has 1 aliphatic rings. The van der Waals surface area contributed by atoms with Crippen LogP contribution in [-0.4, -0.2) is 10.9 Å². The Labute approximate surface area is 119 Å². The summed E-state index contributed by atoms with van der Waals surface area (Å²) in [6, 6.07) is 11.2. The molecular weight excluding hydrogens is 248 g/mol. The second kappa shape index (κ2) is 5.12. The SMILES string of the molecule is Cc1ccccc1C(=O)c1cc2c(cc1O)CCCC2. The first-order chi connectivity index (χ1) is 9.66. The van der Waals surface area contributed by atoms with Crippen molar-refractivity contribution in [1.82, 2.24) is 0 Å². The smallest absolute Gasteiger partial charge is 0.197 e. The van der Waals surface area contributed by atoms with Crippen LogP contribution in [-0.2, 0) is 12.8 Å². The molecule has 102 valence electrons. The van der Waals surface area contributed by atoms with E-state index in [1.807, 2.05) is 37.3 Å². The van der Waals surface area contributed by atoms with Gasteiger partial charge in [0.25, 0.3) is 0 Å². The van der Waals surface area contributed by atoms with E-state index in [2.05, 4.69) is 0 Å². The summed E-state index contributed by atoms with van der Waals surface area (Å²) in [7, 11) is 0. The van der Waals surface area contributed by atoms with Crippen LogP contribution >= 0.6 is 0 Å². The molecular formula is C18H18O2. The number of carbonyl (C=O) groups is 1. The second-order valence-corrected chi connectivity index (χ2v) is 5.49. The van der Waals surface area contributed by atoms with Gasteiger partial charge >= 0.3 is 0 Å². The number of aryl methyl sites for hydroxylation is 3. The van der Waals surface area contributed by atoms with E-state index < -0.39 is 0 Å². The molecule has 2 heteroatoms. The van der Waals surface area contributed by atoms with Gasteiger partial charge in [-0.1, -0.05) is 24.3 Å². The van der Waals surface area contributed by atoms with Crippen LogP contribution in [0.4, 0.5) is 0 Å². The van der Waals surface area contributed by atoms with E-state index in [9.17, 15) is 9.90 Å². The van der Waals surface area contributed by atoms with Gasteiger partial charge in [-0.05, 0) is 61.4 Å². The minimum atomic E-state index is -0.0889. The summed E-state index contributed by atoms with van der Waals surface area (Å²) >= 11 is 0. The largest absolute Gasteiger partial charge is 0.507 e. The third kappa shape index (κ3) is 2.22. The fraction of sp³-hybridized carbons (Fsp3) is 0.278. The van der Waals surface area contributed by atoms with E-state index in [0.717, 1.165) is 31.2 Å². The molecule has 0 aromatic heterocycles. The number of phenolic OH excluding ortho intramolecular Hbond substituents is 1. The number of hydrogen-bond acceptors (Lipinski definition) is 2. The van der Waals surface area contributed by atoms with Crippen LogP contribution in [0.15, 0.2) is 36.4 Å². The van der Waals surface area contributed by atoms with Crippen molar-refractivity contribution in [2.24, 2.45) is 0 Å². The van der Waals surface area contributed by atoms with E-state index in [-0.39, 0.29) is 11.5 Å². The van der Waals surface area contributed by atoms with Crippen molar-refractivity contribution in [3.8, 4) is 5.75 Å². The minimum Gasteiger partial charge on any atom is -0.507 e. The van der Waals surface area contributed by atoms with Gasteiger partial charge in [-0.15, -0.1) is 0 Å². The Balaban J connectivity index is 2.06. The van der Waals surface area contributed by atoms with E-state index in [1.54, 1.807) is 6.07 Å². The fourth-order valence-electron chi connectivity index (χ4n) is 2.93. The number of rotatable bonds is 2. The van der Waals surface area contributed by atoms with Crippen LogP contribution < -0.4 is 0 Å². The Bertz CT molecular complexity index is 671. The molecule has 2 nitrogen and oxygen atoms in total. The van der Waals surface area contributed by atoms with Gasteiger partial charge in [0.05, 0.1) is 5.56 Å². The molecule has 3 rings (SSSR count). The van der Waals surface area contributed by atoms with Gasteiger partial charge in [-0.3, -0.25) is 4.79 Å². The number of fused-ring (bicyclic) bond motifs is 1. The molecule has 0 saturated heterocycles. The summed E-state index contributed by atoms with van der Waals surface area (Å²) in [5, 5.41) is 10.2. The van der Waals surface area contributed by atoms with Gasteiger partial charge < -0.3 is 5.11 Å². The van der Waals surface area contributed by atoms with Gasteiger partial charge in [0.2, 0.25) is 0 Å². The molecule has 0 aliphatic heterocycles. The maximum atomic E-state index is 12.6. The molecule has 0 saturated carbocycles. The number of hydrogen-bond donors (Lipinski definition) is 1. The lowest BCUT2D eigenvalue weighted by Crippen LogP contribution is -2.08. The predicted octanol–water partition coefficient (Wildman–Crippen LogP) is 3.81. The summed E-state index contributed by atoms with van der Waals surface area (Å²) in [4.78, 5) is 12.6. The van der Waals surface area contributed by atoms with Gasteiger partial charge in [-0.2, -0.15) is 0 Å². The lowest BCUT2D eigenvalue weighted by molar-refractivity contribution is 0.103. The normalized spacial score (nSPS) is 13.8. The molecule has 20 heavy (non-hydrogen) atoms. The molecule has 2 aromatic rings. The summed E-state index contributed by atoms with van der Waals surface area (Å²) in [6.45, 7) is 1.92. The first-order valence-corrected chi connectivity index (χ1v) is 7.12. The maximum absolute atomic E-state index is 12.6. The zero-order valence-electron chi connectivity index (χ0n) is 11.6. The average molecular weight is 266 g/mol. The Morgan fingerprint density at radius 2 is 1.65 bits per heavy atom. The van der Waals surface area contributed by atoms with Crippen molar-refractivity contribution in [2.75, 3.05) is 0 Å². The average Bonchev–Trinajstić information content (AvgIpc) is 2.46. The van der Waals surface area contributed by atoms with Crippen molar-refractivity contribution in [1.29, 1.82) is 0 Å². The van der Waals surface area contributed by atoms with Crippen LogP contribution in [0, 0.1) is 6.92 Å². The highest BCUT2D eigenvalue weighted by Gasteiger charge is 2.19. The molecule has 0 unspecified atom stereocenters. The fourth-order valence-corrected chi connectivity index (χ4v) is 2.93.